The molecule has 0 saturated heterocycles. The van der Waals surface area contributed by atoms with E-state index in [4.69, 9.17) is 4.74 Å². The molecule has 0 heterocycles. The Morgan fingerprint density at radius 2 is 1.91 bits per heavy atom. The zero-order valence-electron chi connectivity index (χ0n) is 13.1. The molecule has 0 radical (unpaired) electrons. The summed E-state index contributed by atoms with van der Waals surface area (Å²) >= 11 is 1.71. The number of aryl methyl sites for hydroxylation is 2. The van der Waals surface area contributed by atoms with Gasteiger partial charge in [-0.2, -0.15) is 0 Å². The van der Waals surface area contributed by atoms with E-state index in [9.17, 15) is 4.79 Å². The molecule has 0 aliphatic carbocycles. The molecule has 114 valence electrons. The molecule has 0 aliphatic rings. The average Bonchev–Trinajstić information content (AvgIpc) is 2.49. The van der Waals surface area contributed by atoms with Crippen molar-refractivity contribution in [2.75, 3.05) is 6.61 Å². The molecule has 0 aromatic heterocycles. The molecular formula is C19H20O2S. The first kappa shape index (κ1) is 16.4. The monoisotopic (exact) mass is 312 g/mol. The van der Waals surface area contributed by atoms with Crippen molar-refractivity contribution in [3.63, 3.8) is 0 Å². The van der Waals surface area contributed by atoms with Crippen LogP contribution < -0.4 is 0 Å². The lowest BCUT2D eigenvalue weighted by Crippen LogP contribution is -1.98. The van der Waals surface area contributed by atoms with E-state index in [-0.39, 0.29) is 5.97 Å². The van der Waals surface area contributed by atoms with Crippen molar-refractivity contribution in [3.8, 4) is 0 Å². The van der Waals surface area contributed by atoms with Crippen molar-refractivity contribution in [1.82, 2.24) is 0 Å². The maximum atomic E-state index is 11.5. The van der Waals surface area contributed by atoms with E-state index >= 15 is 0 Å². The lowest BCUT2D eigenvalue weighted by molar-refractivity contribution is -0.137. The third-order valence-electron chi connectivity index (χ3n) is 3.15. The maximum Gasteiger partial charge on any atom is 0.330 e. The summed E-state index contributed by atoms with van der Waals surface area (Å²) in [7, 11) is 0. The summed E-state index contributed by atoms with van der Waals surface area (Å²) in [4.78, 5) is 13.8. The van der Waals surface area contributed by atoms with Gasteiger partial charge in [-0.05, 0) is 50.1 Å². The quantitative estimate of drug-likeness (QED) is 0.572. The van der Waals surface area contributed by atoms with Crippen LogP contribution >= 0.6 is 11.8 Å². The minimum atomic E-state index is -0.311. The van der Waals surface area contributed by atoms with Crippen LogP contribution in [0.1, 0.15) is 23.6 Å². The van der Waals surface area contributed by atoms with Crippen LogP contribution in [0.25, 0.3) is 6.08 Å². The van der Waals surface area contributed by atoms with E-state index in [1.807, 2.05) is 24.3 Å². The lowest BCUT2D eigenvalue weighted by Gasteiger charge is -2.09. The fourth-order valence-electron chi connectivity index (χ4n) is 2.09. The van der Waals surface area contributed by atoms with E-state index in [2.05, 4.69) is 38.1 Å². The van der Waals surface area contributed by atoms with E-state index in [1.165, 1.54) is 22.1 Å². The minimum Gasteiger partial charge on any atom is -0.463 e. The summed E-state index contributed by atoms with van der Waals surface area (Å²) in [5.41, 5.74) is 3.53. The van der Waals surface area contributed by atoms with E-state index in [1.54, 1.807) is 18.7 Å². The van der Waals surface area contributed by atoms with Gasteiger partial charge >= 0.3 is 5.97 Å². The second kappa shape index (κ2) is 7.85. The Balaban J connectivity index is 2.23. The molecule has 22 heavy (non-hydrogen) atoms. The van der Waals surface area contributed by atoms with Crippen LogP contribution in [-0.2, 0) is 9.53 Å². The Morgan fingerprint density at radius 3 is 2.64 bits per heavy atom. The molecule has 0 atom stereocenters. The molecule has 0 N–H and O–H groups in total. The minimum absolute atomic E-state index is 0.311. The van der Waals surface area contributed by atoms with Crippen LogP contribution in [0.5, 0.6) is 0 Å². The number of benzene rings is 2. The highest BCUT2D eigenvalue weighted by Gasteiger charge is 2.05. The molecule has 0 fully saturated rings. The zero-order chi connectivity index (χ0) is 15.9. The maximum absolute atomic E-state index is 11.5. The number of rotatable bonds is 5. The highest BCUT2D eigenvalue weighted by atomic mass is 32.2. The molecule has 3 heteroatoms. The van der Waals surface area contributed by atoms with Gasteiger partial charge < -0.3 is 4.74 Å². The van der Waals surface area contributed by atoms with Gasteiger partial charge in [0.15, 0.2) is 0 Å². The summed E-state index contributed by atoms with van der Waals surface area (Å²) in [6.07, 6.45) is 3.29. The van der Waals surface area contributed by atoms with Crippen molar-refractivity contribution in [2.24, 2.45) is 0 Å². The molecule has 2 aromatic carbocycles. The molecule has 0 unspecified atom stereocenters. The van der Waals surface area contributed by atoms with Crippen molar-refractivity contribution in [3.05, 3.63) is 65.2 Å². The van der Waals surface area contributed by atoms with Crippen molar-refractivity contribution < 1.29 is 9.53 Å². The van der Waals surface area contributed by atoms with E-state index < -0.39 is 0 Å². The summed E-state index contributed by atoms with van der Waals surface area (Å²) in [6.45, 7) is 6.40. The largest absolute Gasteiger partial charge is 0.463 e. The summed E-state index contributed by atoms with van der Waals surface area (Å²) in [5.74, 6) is -0.311. The first-order chi connectivity index (χ1) is 10.6. The number of carbonyl (C=O) groups excluding carboxylic acids is 1. The smallest absolute Gasteiger partial charge is 0.330 e. The Hall–Kier alpha value is -2.00. The van der Waals surface area contributed by atoms with Crippen LogP contribution in [0.3, 0.4) is 0 Å². The second-order valence-corrected chi connectivity index (χ2v) is 6.08. The van der Waals surface area contributed by atoms with Gasteiger partial charge in [-0.3, -0.25) is 0 Å². The standard InChI is InChI=1S/C19H20O2S/c1-4-21-19(20)12-10-16-7-5-6-8-18(16)22-17-11-9-14(2)13-15(17)3/h5-13H,4H2,1-3H3/b12-10+. The SMILES string of the molecule is CCOC(=O)/C=C/c1ccccc1Sc1ccc(C)cc1C. The molecule has 2 rings (SSSR count). The topological polar surface area (TPSA) is 26.3 Å². The van der Waals surface area contributed by atoms with Gasteiger partial charge in [0.2, 0.25) is 0 Å². The predicted octanol–water partition coefficient (Wildman–Crippen LogP) is 5.03. The van der Waals surface area contributed by atoms with Gasteiger partial charge in [0.1, 0.15) is 0 Å². The fourth-order valence-corrected chi connectivity index (χ4v) is 3.09. The predicted molar refractivity (Wildman–Crippen MR) is 92.1 cm³/mol. The Kier molecular flexibility index (Phi) is 5.84. The zero-order valence-corrected chi connectivity index (χ0v) is 13.9. The molecule has 0 saturated carbocycles. The first-order valence-corrected chi connectivity index (χ1v) is 8.10. The van der Waals surface area contributed by atoms with E-state index in [0.29, 0.717) is 6.61 Å². The summed E-state index contributed by atoms with van der Waals surface area (Å²) < 4.78 is 4.92. The van der Waals surface area contributed by atoms with Crippen LogP contribution in [0.15, 0.2) is 58.3 Å². The first-order valence-electron chi connectivity index (χ1n) is 7.29. The number of esters is 1. The number of carbonyl (C=O) groups is 1. The molecular weight excluding hydrogens is 292 g/mol. The second-order valence-electron chi connectivity index (χ2n) is 4.99. The fraction of sp³-hybridized carbons (Fsp3) is 0.211. The Bertz CT molecular complexity index is 690. The molecule has 0 aliphatic heterocycles. The highest BCUT2D eigenvalue weighted by Crippen LogP contribution is 2.33. The third kappa shape index (κ3) is 4.50. The molecule has 2 nitrogen and oxygen atoms in total. The lowest BCUT2D eigenvalue weighted by atomic mass is 10.2. The average molecular weight is 312 g/mol. The number of hydrogen-bond donors (Lipinski definition) is 0. The van der Waals surface area contributed by atoms with Gasteiger partial charge in [0.05, 0.1) is 6.61 Å². The Morgan fingerprint density at radius 1 is 1.14 bits per heavy atom. The van der Waals surface area contributed by atoms with Crippen LogP contribution in [0, 0.1) is 13.8 Å². The molecule has 0 amide bonds. The highest BCUT2D eigenvalue weighted by molar-refractivity contribution is 7.99. The normalized spacial score (nSPS) is 10.9. The molecule has 2 aromatic rings. The van der Waals surface area contributed by atoms with Crippen LogP contribution in [0.4, 0.5) is 0 Å². The summed E-state index contributed by atoms with van der Waals surface area (Å²) in [6, 6.07) is 14.5. The van der Waals surface area contributed by atoms with Crippen molar-refractivity contribution >= 4 is 23.8 Å². The van der Waals surface area contributed by atoms with Crippen LogP contribution in [-0.4, -0.2) is 12.6 Å². The molecule has 0 spiro atoms. The van der Waals surface area contributed by atoms with Crippen molar-refractivity contribution in [2.45, 2.75) is 30.6 Å². The van der Waals surface area contributed by atoms with Gasteiger partial charge in [0.25, 0.3) is 0 Å². The number of ether oxygens (including phenoxy) is 1. The molecule has 0 bridgehead atoms. The van der Waals surface area contributed by atoms with Gasteiger partial charge in [-0.15, -0.1) is 0 Å². The van der Waals surface area contributed by atoms with Gasteiger partial charge in [-0.1, -0.05) is 47.7 Å². The van der Waals surface area contributed by atoms with Crippen molar-refractivity contribution in [1.29, 1.82) is 0 Å². The Labute approximate surface area is 136 Å². The van der Waals surface area contributed by atoms with Gasteiger partial charge in [0, 0.05) is 15.9 Å². The third-order valence-corrected chi connectivity index (χ3v) is 4.42. The number of hydrogen-bond acceptors (Lipinski definition) is 3. The van der Waals surface area contributed by atoms with Crippen LogP contribution in [0.2, 0.25) is 0 Å². The van der Waals surface area contributed by atoms with Gasteiger partial charge in [-0.25, -0.2) is 4.79 Å². The summed E-state index contributed by atoms with van der Waals surface area (Å²) in [5, 5.41) is 0. The van der Waals surface area contributed by atoms with E-state index in [0.717, 1.165) is 10.5 Å².